The minimum Gasteiger partial charge on any atom is -0.438 e. The molecule has 0 aliphatic rings. The number of pyridine rings is 1. The third-order valence-electron chi connectivity index (χ3n) is 4.10. The summed E-state index contributed by atoms with van der Waals surface area (Å²) < 4.78 is 72.2. The van der Waals surface area contributed by atoms with Gasteiger partial charge in [0.1, 0.15) is 17.4 Å². The summed E-state index contributed by atoms with van der Waals surface area (Å²) in [5.41, 5.74) is -0.466. The van der Waals surface area contributed by atoms with Gasteiger partial charge in [-0.3, -0.25) is 4.72 Å². The highest BCUT2D eigenvalue weighted by Gasteiger charge is 2.34. The molecule has 0 amide bonds. The summed E-state index contributed by atoms with van der Waals surface area (Å²) >= 11 is 5.55. The molecule has 160 valence electrons. The number of nitrogens with one attached hydrogen (secondary N) is 1. The van der Waals surface area contributed by atoms with Gasteiger partial charge in [0.2, 0.25) is 5.88 Å². The highest BCUT2D eigenvalue weighted by atomic mass is 35.5. The van der Waals surface area contributed by atoms with Crippen molar-refractivity contribution >= 4 is 27.3 Å². The van der Waals surface area contributed by atoms with E-state index in [-0.39, 0.29) is 17.1 Å². The lowest BCUT2D eigenvalue weighted by atomic mass is 10.2. The lowest BCUT2D eigenvalue weighted by Crippen LogP contribution is -2.15. The molecule has 1 aromatic heterocycles. The number of ether oxygens (including phenoxy) is 1. The molecule has 0 fully saturated rings. The molecule has 1 heterocycles. The molecule has 1 N–H and O–H groups in total. The predicted octanol–water partition coefficient (Wildman–Crippen LogP) is 5.53. The Labute approximate surface area is 180 Å². The van der Waals surface area contributed by atoms with Crippen LogP contribution < -0.4 is 9.46 Å². The first-order chi connectivity index (χ1) is 14.5. The Hall–Kier alpha value is -3.29. The van der Waals surface area contributed by atoms with Crippen molar-refractivity contribution in [3.8, 4) is 17.7 Å². The number of anilines is 1. The summed E-state index contributed by atoms with van der Waals surface area (Å²) in [6, 6.07) is 11.7. The largest absolute Gasteiger partial charge is 0.438 e. The number of hydrogen-bond acceptors (Lipinski definition) is 5. The first-order valence-corrected chi connectivity index (χ1v) is 10.4. The number of aryl methyl sites for hydroxylation is 1. The van der Waals surface area contributed by atoms with Gasteiger partial charge in [-0.15, -0.1) is 0 Å². The minimum absolute atomic E-state index is 0.0820. The molecule has 2 aromatic carbocycles. The Morgan fingerprint density at radius 2 is 1.90 bits per heavy atom. The van der Waals surface area contributed by atoms with Crippen molar-refractivity contribution in [2.75, 3.05) is 4.72 Å². The molecule has 0 aliphatic heterocycles. The zero-order valence-corrected chi connectivity index (χ0v) is 17.3. The van der Waals surface area contributed by atoms with E-state index in [1.165, 1.54) is 30.5 Å². The molecule has 0 bridgehead atoms. The van der Waals surface area contributed by atoms with Crippen LogP contribution in [0.2, 0.25) is 5.02 Å². The molecule has 3 aromatic rings. The van der Waals surface area contributed by atoms with Gasteiger partial charge in [0.15, 0.2) is 0 Å². The number of nitriles is 1. The third kappa shape index (κ3) is 5.07. The van der Waals surface area contributed by atoms with E-state index in [0.717, 1.165) is 12.1 Å². The smallest absolute Gasteiger partial charge is 0.417 e. The van der Waals surface area contributed by atoms with Crippen LogP contribution in [-0.2, 0) is 16.2 Å². The highest BCUT2D eigenvalue weighted by molar-refractivity contribution is 7.92. The van der Waals surface area contributed by atoms with Gasteiger partial charge in [-0.1, -0.05) is 11.6 Å². The molecule has 0 saturated carbocycles. The SMILES string of the molecule is Cc1cc(Oc2ncccc2C#N)ccc1NS(=O)(=O)c1ccc(Cl)c(C(F)(F)F)c1. The second kappa shape index (κ2) is 8.45. The summed E-state index contributed by atoms with van der Waals surface area (Å²) in [5, 5.41) is 8.49. The van der Waals surface area contributed by atoms with Gasteiger partial charge in [-0.2, -0.15) is 18.4 Å². The topological polar surface area (TPSA) is 92.1 Å². The van der Waals surface area contributed by atoms with Crippen molar-refractivity contribution < 1.29 is 26.3 Å². The number of hydrogen-bond donors (Lipinski definition) is 1. The van der Waals surface area contributed by atoms with E-state index in [0.29, 0.717) is 17.4 Å². The van der Waals surface area contributed by atoms with Gasteiger partial charge < -0.3 is 4.74 Å². The van der Waals surface area contributed by atoms with Crippen LogP contribution in [-0.4, -0.2) is 13.4 Å². The van der Waals surface area contributed by atoms with Crippen LogP contribution in [0.25, 0.3) is 0 Å². The van der Waals surface area contributed by atoms with E-state index in [1.807, 2.05) is 6.07 Å². The Morgan fingerprint density at radius 1 is 1.16 bits per heavy atom. The fourth-order valence-corrected chi connectivity index (χ4v) is 3.96. The standard InChI is InChI=1S/C20H13ClF3N3O3S/c1-12-9-14(30-19-13(11-25)3-2-8-26-19)4-7-18(12)27-31(28,29)15-5-6-17(21)16(10-15)20(22,23)24/h2-10,27H,1H3. The van der Waals surface area contributed by atoms with Crippen LogP contribution in [0.3, 0.4) is 0 Å². The fraction of sp³-hybridized carbons (Fsp3) is 0.100. The summed E-state index contributed by atoms with van der Waals surface area (Å²) in [6.07, 6.45) is -3.35. The van der Waals surface area contributed by atoms with Gasteiger partial charge in [-0.25, -0.2) is 13.4 Å². The molecule has 0 aliphatic carbocycles. The Bertz CT molecular complexity index is 1290. The van der Waals surface area contributed by atoms with Gasteiger partial charge >= 0.3 is 6.18 Å². The Kier molecular flexibility index (Phi) is 6.10. The quantitative estimate of drug-likeness (QED) is 0.533. The van der Waals surface area contributed by atoms with Crippen molar-refractivity contribution in [1.29, 1.82) is 5.26 Å². The van der Waals surface area contributed by atoms with Crippen molar-refractivity contribution in [3.05, 3.63) is 76.4 Å². The molecule has 0 saturated heterocycles. The number of aromatic nitrogens is 1. The number of alkyl halides is 3. The Balaban J connectivity index is 1.87. The normalized spacial score (nSPS) is 11.6. The molecular formula is C20H13ClF3N3O3S. The molecular weight excluding hydrogens is 455 g/mol. The zero-order chi connectivity index (χ0) is 22.8. The van der Waals surface area contributed by atoms with E-state index in [4.69, 9.17) is 21.6 Å². The lowest BCUT2D eigenvalue weighted by molar-refractivity contribution is -0.137. The van der Waals surface area contributed by atoms with Crippen LogP contribution in [0.4, 0.5) is 18.9 Å². The number of halogens is 4. The van der Waals surface area contributed by atoms with Crippen molar-refractivity contribution in [3.63, 3.8) is 0 Å². The zero-order valence-electron chi connectivity index (χ0n) is 15.7. The van der Waals surface area contributed by atoms with Crippen LogP contribution in [0.1, 0.15) is 16.7 Å². The molecule has 0 spiro atoms. The van der Waals surface area contributed by atoms with Gasteiger partial charge in [0.05, 0.1) is 21.2 Å². The van der Waals surface area contributed by atoms with Crippen molar-refractivity contribution in [2.24, 2.45) is 0 Å². The van der Waals surface area contributed by atoms with Crippen LogP contribution in [0.5, 0.6) is 11.6 Å². The van der Waals surface area contributed by atoms with Crippen molar-refractivity contribution in [1.82, 2.24) is 4.98 Å². The molecule has 6 nitrogen and oxygen atoms in total. The lowest BCUT2D eigenvalue weighted by Gasteiger charge is -2.14. The monoisotopic (exact) mass is 467 g/mol. The number of sulfonamides is 1. The molecule has 31 heavy (non-hydrogen) atoms. The molecule has 0 unspecified atom stereocenters. The van der Waals surface area contributed by atoms with Crippen LogP contribution in [0.15, 0.2) is 59.6 Å². The fourth-order valence-electron chi connectivity index (χ4n) is 2.58. The maximum absolute atomic E-state index is 13.0. The number of rotatable bonds is 5. The second-order valence-electron chi connectivity index (χ2n) is 6.29. The number of nitrogens with zero attached hydrogens (tertiary/aromatic N) is 2. The first kappa shape index (κ1) is 22.4. The van der Waals surface area contributed by atoms with E-state index < -0.39 is 31.7 Å². The van der Waals surface area contributed by atoms with Gasteiger partial charge in [0, 0.05) is 6.20 Å². The van der Waals surface area contributed by atoms with E-state index in [9.17, 15) is 21.6 Å². The highest BCUT2D eigenvalue weighted by Crippen LogP contribution is 2.36. The molecule has 3 rings (SSSR count). The molecule has 11 heteroatoms. The van der Waals surface area contributed by atoms with Crippen LogP contribution in [0, 0.1) is 18.3 Å². The second-order valence-corrected chi connectivity index (χ2v) is 8.38. The van der Waals surface area contributed by atoms with E-state index in [2.05, 4.69) is 9.71 Å². The average molecular weight is 468 g/mol. The van der Waals surface area contributed by atoms with Gasteiger partial charge in [-0.05, 0) is 61.0 Å². The maximum Gasteiger partial charge on any atom is 0.417 e. The van der Waals surface area contributed by atoms with Crippen LogP contribution >= 0.6 is 11.6 Å². The van der Waals surface area contributed by atoms with E-state index >= 15 is 0 Å². The van der Waals surface area contributed by atoms with Crippen molar-refractivity contribution in [2.45, 2.75) is 18.0 Å². The average Bonchev–Trinajstić information content (AvgIpc) is 2.69. The minimum atomic E-state index is -4.80. The maximum atomic E-state index is 13.0. The summed E-state index contributed by atoms with van der Waals surface area (Å²) in [6.45, 7) is 1.58. The summed E-state index contributed by atoms with van der Waals surface area (Å²) in [7, 11) is -4.32. The predicted molar refractivity (Wildman–Crippen MR) is 107 cm³/mol. The summed E-state index contributed by atoms with van der Waals surface area (Å²) in [4.78, 5) is 3.39. The molecule has 0 radical (unpaired) electrons. The van der Waals surface area contributed by atoms with Gasteiger partial charge in [0.25, 0.3) is 10.0 Å². The Morgan fingerprint density at radius 3 is 2.55 bits per heavy atom. The third-order valence-corrected chi connectivity index (χ3v) is 5.79. The number of benzene rings is 2. The molecule has 0 atom stereocenters. The van der Waals surface area contributed by atoms with E-state index in [1.54, 1.807) is 13.0 Å². The first-order valence-electron chi connectivity index (χ1n) is 8.54. The summed E-state index contributed by atoms with van der Waals surface area (Å²) in [5.74, 6) is 0.375.